The Balaban J connectivity index is 1.52. The molecular weight excluding hydrogens is 412 g/mol. The van der Waals surface area contributed by atoms with Crippen LogP contribution < -0.4 is 10.6 Å². The van der Waals surface area contributed by atoms with Crippen LogP contribution in [0.2, 0.25) is 0 Å². The van der Waals surface area contributed by atoms with Gasteiger partial charge in [0.15, 0.2) is 0 Å². The van der Waals surface area contributed by atoms with E-state index < -0.39 is 0 Å². The first-order valence-electron chi connectivity index (χ1n) is 10.9. The third-order valence-electron chi connectivity index (χ3n) is 5.48. The maximum absolute atomic E-state index is 13.1. The van der Waals surface area contributed by atoms with Crippen molar-refractivity contribution in [3.63, 3.8) is 0 Å². The van der Waals surface area contributed by atoms with E-state index in [0.29, 0.717) is 35.5 Å². The molecule has 166 valence electrons. The molecule has 4 aromatic rings. The lowest BCUT2D eigenvalue weighted by atomic mass is 10.1. The predicted molar refractivity (Wildman–Crippen MR) is 131 cm³/mol. The van der Waals surface area contributed by atoms with Gasteiger partial charge in [0, 0.05) is 16.9 Å². The fraction of sp³-hybridized carbons (Fsp3) is 0.148. The smallest absolute Gasteiger partial charge is 0.259 e. The standard InChI is InChI=1S/C27H26N4O2/c1-3-25-23(17-28-31(25)18-20-10-6-4-7-11-20)27(33)30-24-16-21(15-14-19(24)2)26(32)29-22-12-8-5-9-13-22/h4-17H,3,18H2,1-2H3,(H,29,32)(H,30,33). The number of aryl methyl sites for hydroxylation is 1. The van der Waals surface area contributed by atoms with Gasteiger partial charge in [-0.3, -0.25) is 14.3 Å². The van der Waals surface area contributed by atoms with Crippen molar-refractivity contribution in [2.24, 2.45) is 0 Å². The van der Waals surface area contributed by atoms with Gasteiger partial charge in [0.05, 0.1) is 24.0 Å². The molecule has 4 rings (SSSR count). The molecule has 1 heterocycles. The zero-order valence-corrected chi connectivity index (χ0v) is 18.7. The molecule has 6 nitrogen and oxygen atoms in total. The third kappa shape index (κ3) is 5.18. The number of carbonyl (C=O) groups excluding carboxylic acids is 2. The van der Waals surface area contributed by atoms with Crippen LogP contribution in [0.5, 0.6) is 0 Å². The number of para-hydroxylation sites is 1. The molecule has 0 aliphatic rings. The molecule has 0 bridgehead atoms. The topological polar surface area (TPSA) is 76.0 Å². The summed E-state index contributed by atoms with van der Waals surface area (Å²) in [6.45, 7) is 4.51. The summed E-state index contributed by atoms with van der Waals surface area (Å²) in [6.07, 6.45) is 2.28. The minimum Gasteiger partial charge on any atom is -0.322 e. The van der Waals surface area contributed by atoms with Crippen molar-refractivity contribution in [1.29, 1.82) is 0 Å². The molecule has 0 aliphatic carbocycles. The van der Waals surface area contributed by atoms with Crippen LogP contribution in [0.4, 0.5) is 11.4 Å². The Bertz CT molecular complexity index is 1260. The van der Waals surface area contributed by atoms with Crippen molar-refractivity contribution < 1.29 is 9.59 Å². The van der Waals surface area contributed by atoms with Crippen molar-refractivity contribution >= 4 is 23.2 Å². The summed E-state index contributed by atoms with van der Waals surface area (Å²) in [7, 11) is 0. The molecule has 33 heavy (non-hydrogen) atoms. The van der Waals surface area contributed by atoms with Crippen LogP contribution in [-0.4, -0.2) is 21.6 Å². The lowest BCUT2D eigenvalue weighted by Gasteiger charge is -2.12. The van der Waals surface area contributed by atoms with Crippen molar-refractivity contribution in [3.8, 4) is 0 Å². The summed E-state index contributed by atoms with van der Waals surface area (Å²) in [5, 5.41) is 10.3. The lowest BCUT2D eigenvalue weighted by molar-refractivity contribution is 0.101. The molecule has 1 aromatic heterocycles. The number of carbonyl (C=O) groups is 2. The number of hydrogen-bond donors (Lipinski definition) is 2. The van der Waals surface area contributed by atoms with Crippen LogP contribution >= 0.6 is 0 Å². The van der Waals surface area contributed by atoms with Crippen LogP contribution in [0.3, 0.4) is 0 Å². The highest BCUT2D eigenvalue weighted by Gasteiger charge is 2.18. The summed E-state index contributed by atoms with van der Waals surface area (Å²) in [5.74, 6) is -0.475. The second-order valence-electron chi connectivity index (χ2n) is 7.81. The third-order valence-corrected chi connectivity index (χ3v) is 5.48. The minimum absolute atomic E-state index is 0.235. The van der Waals surface area contributed by atoms with Crippen molar-refractivity contribution in [2.75, 3.05) is 10.6 Å². The number of nitrogens with zero attached hydrogens (tertiary/aromatic N) is 2. The zero-order chi connectivity index (χ0) is 23.2. The highest BCUT2D eigenvalue weighted by Crippen LogP contribution is 2.21. The molecule has 0 spiro atoms. The van der Waals surface area contributed by atoms with Gasteiger partial charge >= 0.3 is 0 Å². The van der Waals surface area contributed by atoms with E-state index in [2.05, 4.69) is 15.7 Å². The van der Waals surface area contributed by atoms with Crippen molar-refractivity contribution in [1.82, 2.24) is 9.78 Å². The minimum atomic E-state index is -0.241. The molecule has 0 radical (unpaired) electrons. The van der Waals surface area contributed by atoms with Crippen LogP contribution in [0.1, 0.15) is 44.5 Å². The Morgan fingerprint density at radius 3 is 2.27 bits per heavy atom. The van der Waals surface area contributed by atoms with E-state index in [1.54, 1.807) is 18.3 Å². The monoisotopic (exact) mass is 438 g/mol. The van der Waals surface area contributed by atoms with Gasteiger partial charge in [0.1, 0.15) is 0 Å². The first kappa shape index (κ1) is 22.0. The normalized spacial score (nSPS) is 10.6. The average molecular weight is 439 g/mol. The van der Waals surface area contributed by atoms with E-state index in [0.717, 1.165) is 16.8 Å². The number of aromatic nitrogens is 2. The van der Waals surface area contributed by atoms with E-state index >= 15 is 0 Å². The molecule has 2 N–H and O–H groups in total. The van der Waals surface area contributed by atoms with Gasteiger partial charge in [-0.05, 0) is 48.7 Å². The number of benzene rings is 3. The highest BCUT2D eigenvalue weighted by molar-refractivity contribution is 6.08. The van der Waals surface area contributed by atoms with Crippen LogP contribution in [0, 0.1) is 6.92 Å². The number of rotatable bonds is 7. The van der Waals surface area contributed by atoms with E-state index in [9.17, 15) is 9.59 Å². The van der Waals surface area contributed by atoms with Gasteiger partial charge in [-0.1, -0.05) is 61.5 Å². The molecule has 6 heteroatoms. The van der Waals surface area contributed by atoms with E-state index in [-0.39, 0.29) is 11.8 Å². The molecule has 0 saturated carbocycles. The number of nitrogens with one attached hydrogen (secondary N) is 2. The van der Waals surface area contributed by atoms with Gasteiger partial charge in [0.25, 0.3) is 11.8 Å². The SMILES string of the molecule is CCc1c(C(=O)Nc2cc(C(=O)Nc3ccccc3)ccc2C)cnn1Cc1ccccc1. The molecule has 3 aromatic carbocycles. The Morgan fingerprint density at radius 2 is 1.58 bits per heavy atom. The number of hydrogen-bond acceptors (Lipinski definition) is 3. The predicted octanol–water partition coefficient (Wildman–Crippen LogP) is 5.31. The fourth-order valence-electron chi connectivity index (χ4n) is 3.68. The number of anilines is 2. The molecule has 0 fully saturated rings. The van der Waals surface area contributed by atoms with Gasteiger partial charge < -0.3 is 10.6 Å². The molecule has 0 aliphatic heterocycles. The second kappa shape index (κ2) is 9.96. The molecular formula is C27H26N4O2. The quantitative estimate of drug-likeness (QED) is 0.411. The average Bonchev–Trinajstić information content (AvgIpc) is 3.24. The van der Waals surface area contributed by atoms with Crippen LogP contribution in [0.15, 0.2) is 85.1 Å². The Labute approximate surface area is 193 Å². The van der Waals surface area contributed by atoms with Gasteiger partial charge in [-0.2, -0.15) is 5.10 Å². The van der Waals surface area contributed by atoms with E-state index in [1.165, 1.54) is 0 Å². The largest absolute Gasteiger partial charge is 0.322 e. The summed E-state index contributed by atoms with van der Waals surface area (Å²) >= 11 is 0. The summed E-state index contributed by atoms with van der Waals surface area (Å²) in [6, 6.07) is 24.6. The summed E-state index contributed by atoms with van der Waals surface area (Å²) < 4.78 is 1.86. The van der Waals surface area contributed by atoms with Gasteiger partial charge in [-0.25, -0.2) is 0 Å². The Hall–Kier alpha value is -4.19. The zero-order valence-electron chi connectivity index (χ0n) is 18.7. The lowest BCUT2D eigenvalue weighted by Crippen LogP contribution is -2.17. The molecule has 0 unspecified atom stereocenters. The maximum atomic E-state index is 13.1. The van der Waals surface area contributed by atoms with Crippen LogP contribution in [-0.2, 0) is 13.0 Å². The van der Waals surface area contributed by atoms with Gasteiger partial charge in [-0.15, -0.1) is 0 Å². The van der Waals surface area contributed by atoms with E-state index in [4.69, 9.17) is 0 Å². The first-order valence-corrected chi connectivity index (χ1v) is 10.9. The van der Waals surface area contributed by atoms with Crippen LogP contribution in [0.25, 0.3) is 0 Å². The summed E-state index contributed by atoms with van der Waals surface area (Å²) in [4.78, 5) is 25.8. The summed E-state index contributed by atoms with van der Waals surface area (Å²) in [5.41, 5.74) is 5.17. The van der Waals surface area contributed by atoms with Crippen molar-refractivity contribution in [2.45, 2.75) is 26.8 Å². The number of amides is 2. The van der Waals surface area contributed by atoms with E-state index in [1.807, 2.05) is 85.3 Å². The van der Waals surface area contributed by atoms with Crippen molar-refractivity contribution in [3.05, 3.63) is 113 Å². The molecule has 0 saturated heterocycles. The van der Waals surface area contributed by atoms with Gasteiger partial charge in [0.2, 0.25) is 0 Å². The molecule has 2 amide bonds. The Morgan fingerprint density at radius 1 is 0.879 bits per heavy atom. The fourth-order valence-corrected chi connectivity index (χ4v) is 3.68. The first-order chi connectivity index (χ1) is 16.0. The second-order valence-corrected chi connectivity index (χ2v) is 7.81. The Kier molecular flexibility index (Phi) is 6.64. The highest BCUT2D eigenvalue weighted by atomic mass is 16.2. The molecule has 0 atom stereocenters. The maximum Gasteiger partial charge on any atom is 0.259 e.